The Labute approximate surface area is 172 Å². The van der Waals surface area contributed by atoms with Gasteiger partial charge in [-0.05, 0) is 74.5 Å². The van der Waals surface area contributed by atoms with E-state index in [0.717, 1.165) is 25.3 Å². The second kappa shape index (κ2) is 8.20. The van der Waals surface area contributed by atoms with Crippen molar-refractivity contribution in [3.8, 4) is 5.75 Å². The molecule has 0 unspecified atom stereocenters. The van der Waals surface area contributed by atoms with Crippen LogP contribution in [0, 0.1) is 17.8 Å². The van der Waals surface area contributed by atoms with Crippen molar-refractivity contribution in [2.45, 2.75) is 50.7 Å². The molecule has 4 aliphatic carbocycles. The van der Waals surface area contributed by atoms with Crippen LogP contribution in [0.4, 0.5) is 13.6 Å². The number of esters is 1. The van der Waals surface area contributed by atoms with E-state index >= 15 is 0 Å². The molecule has 7 nitrogen and oxygen atoms in total. The molecule has 4 saturated carbocycles. The minimum Gasteiger partial charge on any atom is -0.452 e. The van der Waals surface area contributed by atoms with E-state index in [4.69, 9.17) is 4.74 Å². The molecule has 0 atom stereocenters. The van der Waals surface area contributed by atoms with Gasteiger partial charge in [-0.2, -0.15) is 8.78 Å². The van der Waals surface area contributed by atoms with Gasteiger partial charge in [0.05, 0.1) is 5.56 Å². The fraction of sp³-hybridized carbons (Fsp3) is 0.571. The summed E-state index contributed by atoms with van der Waals surface area (Å²) in [5, 5.41) is 5.21. The number of alkyl halides is 2. The maximum atomic E-state index is 12.3. The highest BCUT2D eigenvalue weighted by atomic mass is 19.3. The molecule has 3 amide bonds. The van der Waals surface area contributed by atoms with E-state index < -0.39 is 31.1 Å². The number of halogens is 2. The third kappa shape index (κ3) is 4.71. The lowest BCUT2D eigenvalue weighted by atomic mass is 9.53. The summed E-state index contributed by atoms with van der Waals surface area (Å²) in [6, 6.07) is 4.48. The third-order valence-corrected chi connectivity index (χ3v) is 6.30. The van der Waals surface area contributed by atoms with Gasteiger partial charge in [-0.25, -0.2) is 9.59 Å². The van der Waals surface area contributed by atoms with Gasteiger partial charge < -0.3 is 14.8 Å². The Morgan fingerprint density at radius 1 is 1.07 bits per heavy atom. The van der Waals surface area contributed by atoms with E-state index in [2.05, 4.69) is 15.4 Å². The van der Waals surface area contributed by atoms with E-state index in [1.54, 1.807) is 0 Å². The van der Waals surface area contributed by atoms with Gasteiger partial charge in [0.25, 0.3) is 5.91 Å². The molecule has 30 heavy (non-hydrogen) atoms. The van der Waals surface area contributed by atoms with Crippen molar-refractivity contribution >= 4 is 17.9 Å². The van der Waals surface area contributed by atoms with Crippen molar-refractivity contribution < 1.29 is 32.6 Å². The quantitative estimate of drug-likeness (QED) is 0.687. The predicted molar refractivity (Wildman–Crippen MR) is 101 cm³/mol. The van der Waals surface area contributed by atoms with Crippen molar-refractivity contribution in [3.63, 3.8) is 0 Å². The smallest absolute Gasteiger partial charge is 0.387 e. The lowest BCUT2D eigenvalue weighted by molar-refractivity contribution is -0.123. The molecule has 0 heterocycles. The molecule has 1 aromatic rings. The van der Waals surface area contributed by atoms with Gasteiger partial charge in [0.1, 0.15) is 5.75 Å². The van der Waals surface area contributed by atoms with Crippen LogP contribution in [0.5, 0.6) is 5.75 Å². The monoisotopic (exact) mass is 422 g/mol. The van der Waals surface area contributed by atoms with Crippen LogP contribution in [0.2, 0.25) is 0 Å². The van der Waals surface area contributed by atoms with E-state index in [9.17, 15) is 23.2 Å². The molecule has 4 fully saturated rings. The van der Waals surface area contributed by atoms with E-state index in [1.165, 1.54) is 37.5 Å². The number of carbonyl (C=O) groups is 3. The number of benzene rings is 1. The summed E-state index contributed by atoms with van der Waals surface area (Å²) >= 11 is 0. The highest BCUT2D eigenvalue weighted by Crippen LogP contribution is 2.55. The molecule has 162 valence electrons. The molecule has 0 spiro atoms. The molecule has 0 aliphatic heterocycles. The van der Waals surface area contributed by atoms with E-state index in [0.29, 0.717) is 17.8 Å². The van der Waals surface area contributed by atoms with Crippen molar-refractivity contribution in [3.05, 3.63) is 29.8 Å². The molecule has 2 N–H and O–H groups in total. The molecular formula is C21H24F2N2O5. The third-order valence-electron chi connectivity index (χ3n) is 6.30. The summed E-state index contributed by atoms with van der Waals surface area (Å²) in [6.45, 7) is -3.68. The fourth-order valence-corrected chi connectivity index (χ4v) is 5.71. The molecule has 0 saturated heterocycles. The Hall–Kier alpha value is -2.71. The maximum absolute atomic E-state index is 12.3. The topological polar surface area (TPSA) is 93.7 Å². The number of rotatable bonds is 6. The van der Waals surface area contributed by atoms with Crippen LogP contribution in [0.25, 0.3) is 0 Å². The van der Waals surface area contributed by atoms with Crippen LogP contribution in [-0.4, -0.2) is 36.7 Å². The first-order valence-electron chi connectivity index (χ1n) is 10.1. The molecule has 0 radical (unpaired) electrons. The first-order chi connectivity index (χ1) is 14.3. The average Bonchev–Trinajstić information content (AvgIpc) is 2.64. The van der Waals surface area contributed by atoms with Crippen molar-refractivity contribution in [1.29, 1.82) is 0 Å². The molecule has 9 heteroatoms. The number of ether oxygens (including phenoxy) is 2. The van der Waals surface area contributed by atoms with Gasteiger partial charge in [-0.15, -0.1) is 0 Å². The summed E-state index contributed by atoms with van der Waals surface area (Å²) in [5.41, 5.74) is -0.278. The highest BCUT2D eigenvalue weighted by molar-refractivity contribution is 5.97. The van der Waals surface area contributed by atoms with Crippen molar-refractivity contribution in [2.24, 2.45) is 17.8 Å². The predicted octanol–water partition coefficient (Wildman–Crippen LogP) is 3.24. The minimum absolute atomic E-state index is 0.0426. The maximum Gasteiger partial charge on any atom is 0.387 e. The highest BCUT2D eigenvalue weighted by Gasteiger charge is 2.51. The lowest BCUT2D eigenvalue weighted by Gasteiger charge is -2.56. The fourth-order valence-electron chi connectivity index (χ4n) is 5.71. The average molecular weight is 422 g/mol. The number of nitrogens with one attached hydrogen (secondary N) is 2. The Morgan fingerprint density at radius 3 is 2.30 bits per heavy atom. The second-order valence-electron chi connectivity index (χ2n) is 8.68. The number of carbonyl (C=O) groups excluding carboxylic acids is 3. The summed E-state index contributed by atoms with van der Waals surface area (Å²) in [4.78, 5) is 36.4. The summed E-state index contributed by atoms with van der Waals surface area (Å²) < 4.78 is 33.6. The Kier molecular flexibility index (Phi) is 5.62. The van der Waals surface area contributed by atoms with Crippen LogP contribution in [0.3, 0.4) is 0 Å². The van der Waals surface area contributed by atoms with Crippen LogP contribution < -0.4 is 15.4 Å². The van der Waals surface area contributed by atoms with Gasteiger partial charge in [-0.3, -0.25) is 10.1 Å². The zero-order valence-electron chi connectivity index (χ0n) is 16.4. The molecule has 1 aromatic carbocycles. The summed E-state index contributed by atoms with van der Waals surface area (Å²) in [7, 11) is 0. The number of urea groups is 1. The molecular weight excluding hydrogens is 398 g/mol. The Balaban J connectivity index is 1.25. The first kappa shape index (κ1) is 20.6. The van der Waals surface area contributed by atoms with Gasteiger partial charge in [0.2, 0.25) is 0 Å². The molecule has 5 rings (SSSR count). The van der Waals surface area contributed by atoms with Crippen LogP contribution in [-0.2, 0) is 9.53 Å². The van der Waals surface area contributed by atoms with Crippen LogP contribution >= 0.6 is 0 Å². The van der Waals surface area contributed by atoms with Crippen molar-refractivity contribution in [2.75, 3.05) is 6.61 Å². The van der Waals surface area contributed by atoms with Gasteiger partial charge in [0.15, 0.2) is 6.61 Å². The van der Waals surface area contributed by atoms with Crippen LogP contribution in [0.15, 0.2) is 24.3 Å². The summed E-state index contributed by atoms with van der Waals surface area (Å²) in [5.74, 6) is 0.116. The second-order valence-corrected chi connectivity index (χ2v) is 8.68. The van der Waals surface area contributed by atoms with Crippen LogP contribution in [0.1, 0.15) is 48.9 Å². The molecule has 4 bridgehead atoms. The van der Waals surface area contributed by atoms with E-state index in [-0.39, 0.29) is 16.9 Å². The standard InChI is InChI=1S/C21H24F2N2O5/c22-19(23)30-16-3-1-2-15(7-16)18(27)29-11-17(26)24-20(28)25-21-8-12-4-13(9-21)6-14(5-12)10-21/h1-3,7,12-14,19H,4-6,8-11H2,(H2,24,25,26,28). The minimum atomic E-state index is -3.02. The Bertz CT molecular complexity index is 809. The van der Waals surface area contributed by atoms with E-state index in [1.807, 2.05) is 0 Å². The molecule has 4 aliphatic rings. The van der Waals surface area contributed by atoms with Gasteiger partial charge in [-0.1, -0.05) is 6.07 Å². The first-order valence-corrected chi connectivity index (χ1v) is 10.1. The zero-order chi connectivity index (χ0) is 21.3. The number of imide groups is 1. The lowest BCUT2D eigenvalue weighted by Crippen LogP contribution is -2.62. The van der Waals surface area contributed by atoms with Crippen molar-refractivity contribution in [1.82, 2.24) is 10.6 Å². The zero-order valence-corrected chi connectivity index (χ0v) is 16.4. The molecule has 0 aromatic heterocycles. The number of amides is 3. The van der Waals surface area contributed by atoms with Gasteiger partial charge >= 0.3 is 18.6 Å². The summed E-state index contributed by atoms with van der Waals surface area (Å²) in [6.07, 6.45) is 6.56. The largest absolute Gasteiger partial charge is 0.452 e. The SMILES string of the molecule is O=C(COC(=O)c1cccc(OC(F)F)c1)NC(=O)NC12CC3CC(CC(C3)C1)C2. The van der Waals surface area contributed by atoms with Gasteiger partial charge in [0, 0.05) is 5.54 Å². The number of hydrogen-bond donors (Lipinski definition) is 2. The Morgan fingerprint density at radius 2 is 1.70 bits per heavy atom. The number of hydrogen-bond acceptors (Lipinski definition) is 5. The normalized spacial score (nSPS) is 28.8.